The fourth-order valence-electron chi connectivity index (χ4n) is 3.53. The summed E-state index contributed by atoms with van der Waals surface area (Å²) in [5.41, 5.74) is 0.982. The van der Waals surface area contributed by atoms with Crippen LogP contribution in [0.3, 0.4) is 0 Å². The first-order chi connectivity index (χ1) is 12.0. The number of methoxy groups -OCH3 is 4. The summed E-state index contributed by atoms with van der Waals surface area (Å²) in [5, 5.41) is 11.5. The summed E-state index contributed by atoms with van der Waals surface area (Å²) in [7, 11) is 5.65. The van der Waals surface area contributed by atoms with Gasteiger partial charge in [0.05, 0.1) is 5.56 Å². The molecule has 2 unspecified atom stereocenters. The average Bonchev–Trinajstić information content (AvgIpc) is 2.68. The van der Waals surface area contributed by atoms with E-state index in [0.717, 1.165) is 0 Å². The maximum absolute atomic E-state index is 11.5. The number of ether oxygens (including phenoxy) is 5. The highest BCUT2D eigenvalue weighted by Crippen LogP contribution is 2.56. The molecule has 6 heteroatoms. The third-order valence-electron chi connectivity index (χ3n) is 4.70. The number of aliphatic hydroxyl groups is 1. The SMILES string of the molecule is COC1(O)c2ccccc2OC(OC)(c2ccccc2)C1(OC)OC. The Morgan fingerprint density at radius 3 is 1.92 bits per heavy atom. The molecule has 6 nitrogen and oxygen atoms in total. The lowest BCUT2D eigenvalue weighted by molar-refractivity contribution is -0.486. The van der Waals surface area contributed by atoms with Crippen LogP contribution in [0.15, 0.2) is 54.6 Å². The molecule has 2 aromatic carbocycles. The van der Waals surface area contributed by atoms with Crippen LogP contribution >= 0.6 is 0 Å². The van der Waals surface area contributed by atoms with Gasteiger partial charge in [0, 0.05) is 34.0 Å². The molecule has 1 N–H and O–H groups in total. The summed E-state index contributed by atoms with van der Waals surface area (Å²) < 4.78 is 29.0. The molecule has 0 fully saturated rings. The van der Waals surface area contributed by atoms with Crippen molar-refractivity contribution in [1.29, 1.82) is 0 Å². The molecule has 0 aliphatic carbocycles. The Labute approximate surface area is 146 Å². The van der Waals surface area contributed by atoms with Crippen LogP contribution in [0.25, 0.3) is 0 Å². The second kappa shape index (κ2) is 6.40. The molecule has 134 valence electrons. The van der Waals surface area contributed by atoms with E-state index < -0.39 is 17.4 Å². The Morgan fingerprint density at radius 2 is 1.36 bits per heavy atom. The van der Waals surface area contributed by atoms with Gasteiger partial charge in [-0.2, -0.15) is 0 Å². The molecular formula is C19H22O6. The van der Waals surface area contributed by atoms with Crippen LogP contribution < -0.4 is 4.74 Å². The maximum Gasteiger partial charge on any atom is 0.300 e. The van der Waals surface area contributed by atoms with Crippen molar-refractivity contribution < 1.29 is 28.8 Å². The van der Waals surface area contributed by atoms with Crippen LogP contribution in [-0.2, 0) is 30.5 Å². The summed E-state index contributed by atoms with van der Waals surface area (Å²) >= 11 is 0. The van der Waals surface area contributed by atoms with Gasteiger partial charge in [-0.1, -0.05) is 42.5 Å². The van der Waals surface area contributed by atoms with Crippen molar-refractivity contribution in [2.75, 3.05) is 28.4 Å². The fraction of sp³-hybridized carbons (Fsp3) is 0.368. The van der Waals surface area contributed by atoms with Gasteiger partial charge in [-0.05, 0) is 12.1 Å². The van der Waals surface area contributed by atoms with E-state index in [1.165, 1.54) is 28.4 Å². The molecule has 0 amide bonds. The number of hydrogen-bond donors (Lipinski definition) is 1. The second-order valence-electron chi connectivity index (χ2n) is 5.66. The van der Waals surface area contributed by atoms with Crippen molar-refractivity contribution in [3.8, 4) is 5.75 Å². The van der Waals surface area contributed by atoms with E-state index >= 15 is 0 Å². The Balaban J connectivity index is 2.39. The quantitative estimate of drug-likeness (QED) is 0.839. The van der Waals surface area contributed by atoms with Crippen LogP contribution in [0.4, 0.5) is 0 Å². The molecular weight excluding hydrogens is 324 g/mol. The summed E-state index contributed by atoms with van der Waals surface area (Å²) in [6, 6.07) is 16.1. The van der Waals surface area contributed by atoms with Crippen molar-refractivity contribution >= 4 is 0 Å². The molecule has 0 aromatic heterocycles. The normalized spacial score (nSPS) is 27.4. The number of hydrogen-bond acceptors (Lipinski definition) is 6. The minimum absolute atomic E-state index is 0.379. The molecule has 25 heavy (non-hydrogen) atoms. The molecule has 0 spiro atoms. The zero-order valence-electron chi connectivity index (χ0n) is 14.7. The van der Waals surface area contributed by atoms with E-state index in [0.29, 0.717) is 16.9 Å². The Hall–Kier alpha value is -1.96. The first-order valence-corrected chi connectivity index (χ1v) is 7.82. The minimum atomic E-state index is -1.99. The fourth-order valence-corrected chi connectivity index (χ4v) is 3.53. The molecule has 1 aliphatic rings. The Bertz CT molecular complexity index is 730. The van der Waals surface area contributed by atoms with Crippen LogP contribution in [0, 0.1) is 0 Å². The van der Waals surface area contributed by atoms with E-state index in [-0.39, 0.29) is 0 Å². The summed E-state index contributed by atoms with van der Waals surface area (Å²) in [6.07, 6.45) is 0. The zero-order chi connectivity index (χ0) is 18.1. The van der Waals surface area contributed by atoms with E-state index in [1.807, 2.05) is 18.2 Å². The van der Waals surface area contributed by atoms with Gasteiger partial charge in [0.1, 0.15) is 5.75 Å². The standard InChI is InChI=1S/C19H22O6/c1-21-17(20)15-12-8-9-13-16(15)25-18(22-2,19(17,23-3)24-4)14-10-6-5-7-11-14/h5-13,20H,1-4H3. The third kappa shape index (κ3) is 2.16. The van der Waals surface area contributed by atoms with Crippen molar-refractivity contribution in [2.24, 2.45) is 0 Å². The Morgan fingerprint density at radius 1 is 0.760 bits per heavy atom. The molecule has 1 heterocycles. The monoisotopic (exact) mass is 346 g/mol. The molecule has 3 rings (SSSR count). The van der Waals surface area contributed by atoms with Gasteiger partial charge < -0.3 is 28.8 Å². The van der Waals surface area contributed by atoms with Gasteiger partial charge in [0.25, 0.3) is 11.6 Å². The Kier molecular flexibility index (Phi) is 4.57. The number of fused-ring (bicyclic) bond motifs is 1. The minimum Gasteiger partial charge on any atom is -0.452 e. The highest BCUT2D eigenvalue weighted by Gasteiger charge is 2.73. The van der Waals surface area contributed by atoms with Crippen molar-refractivity contribution in [3.63, 3.8) is 0 Å². The first-order valence-electron chi connectivity index (χ1n) is 7.82. The lowest BCUT2D eigenvalue weighted by Crippen LogP contribution is -2.72. The van der Waals surface area contributed by atoms with E-state index in [9.17, 15) is 5.11 Å². The van der Waals surface area contributed by atoms with Gasteiger partial charge in [-0.15, -0.1) is 0 Å². The van der Waals surface area contributed by atoms with Gasteiger partial charge in [-0.25, -0.2) is 0 Å². The van der Waals surface area contributed by atoms with E-state index in [4.69, 9.17) is 23.7 Å². The van der Waals surface area contributed by atoms with Crippen LogP contribution in [-0.4, -0.2) is 39.3 Å². The van der Waals surface area contributed by atoms with Gasteiger partial charge in [0.15, 0.2) is 0 Å². The summed E-state index contributed by atoms with van der Waals surface area (Å²) in [4.78, 5) is 0. The van der Waals surface area contributed by atoms with E-state index in [2.05, 4.69) is 0 Å². The molecule has 1 aliphatic heterocycles. The van der Waals surface area contributed by atoms with Gasteiger partial charge in [0.2, 0.25) is 0 Å². The predicted octanol–water partition coefficient (Wildman–Crippen LogP) is 2.36. The molecule has 0 radical (unpaired) electrons. The predicted molar refractivity (Wildman–Crippen MR) is 89.9 cm³/mol. The van der Waals surface area contributed by atoms with Crippen LogP contribution in [0.1, 0.15) is 11.1 Å². The highest BCUT2D eigenvalue weighted by atomic mass is 16.8. The zero-order valence-corrected chi connectivity index (χ0v) is 14.7. The maximum atomic E-state index is 11.5. The van der Waals surface area contributed by atoms with Crippen LogP contribution in [0.5, 0.6) is 5.75 Å². The third-order valence-corrected chi connectivity index (χ3v) is 4.70. The van der Waals surface area contributed by atoms with E-state index in [1.54, 1.807) is 36.4 Å². The largest absolute Gasteiger partial charge is 0.452 e. The number of rotatable bonds is 5. The summed E-state index contributed by atoms with van der Waals surface area (Å²) in [6.45, 7) is 0. The lowest BCUT2D eigenvalue weighted by atomic mass is 9.82. The topological polar surface area (TPSA) is 66.4 Å². The number of para-hydroxylation sites is 1. The molecule has 0 saturated carbocycles. The first kappa shape index (κ1) is 17.8. The molecule has 2 atom stereocenters. The highest BCUT2D eigenvalue weighted by molar-refractivity contribution is 5.44. The second-order valence-corrected chi connectivity index (χ2v) is 5.66. The smallest absolute Gasteiger partial charge is 0.300 e. The average molecular weight is 346 g/mol. The van der Waals surface area contributed by atoms with Crippen molar-refractivity contribution in [1.82, 2.24) is 0 Å². The molecule has 2 aromatic rings. The van der Waals surface area contributed by atoms with Gasteiger partial charge >= 0.3 is 5.79 Å². The number of benzene rings is 2. The molecule has 0 bridgehead atoms. The van der Waals surface area contributed by atoms with Gasteiger partial charge in [-0.3, -0.25) is 0 Å². The van der Waals surface area contributed by atoms with Crippen molar-refractivity contribution in [3.05, 3.63) is 65.7 Å². The van der Waals surface area contributed by atoms with Crippen molar-refractivity contribution in [2.45, 2.75) is 17.4 Å². The van der Waals surface area contributed by atoms with Crippen LogP contribution in [0.2, 0.25) is 0 Å². The summed E-state index contributed by atoms with van der Waals surface area (Å²) in [5.74, 6) is -5.03. The molecule has 0 saturated heterocycles. The lowest BCUT2D eigenvalue weighted by Gasteiger charge is -2.55.